The standard InChI is InChI=1S/C21H26N4O/c1-2-18-10-5-6-12-21(18)26-15-8-4-3-7-14-25-17-20(23-24-25)19-11-9-13-22-16-19/h5-6,9-13,16-17H,2-4,7-8,14-15H2,1H3. The number of aryl methyl sites for hydroxylation is 2. The first-order chi connectivity index (χ1) is 12.9. The van der Waals surface area contributed by atoms with Crippen molar-refractivity contribution in [2.75, 3.05) is 6.61 Å². The van der Waals surface area contributed by atoms with Gasteiger partial charge in [-0.05, 0) is 49.4 Å². The molecule has 0 spiro atoms. The molecule has 3 rings (SSSR count). The SMILES string of the molecule is CCc1ccccc1OCCCCCCn1cc(-c2cccnc2)nn1. The van der Waals surface area contributed by atoms with E-state index in [9.17, 15) is 0 Å². The van der Waals surface area contributed by atoms with Gasteiger partial charge in [-0.25, -0.2) is 0 Å². The molecule has 0 radical (unpaired) electrons. The number of unbranched alkanes of at least 4 members (excludes halogenated alkanes) is 3. The minimum atomic E-state index is 0.783. The number of para-hydroxylation sites is 1. The molecule has 5 nitrogen and oxygen atoms in total. The van der Waals surface area contributed by atoms with Gasteiger partial charge in [-0.2, -0.15) is 0 Å². The fourth-order valence-corrected chi connectivity index (χ4v) is 2.90. The monoisotopic (exact) mass is 350 g/mol. The lowest BCUT2D eigenvalue weighted by atomic mass is 10.1. The molecule has 136 valence electrons. The van der Waals surface area contributed by atoms with Crippen LogP contribution in [0.25, 0.3) is 11.3 Å². The molecule has 0 amide bonds. The van der Waals surface area contributed by atoms with E-state index in [0.717, 1.165) is 49.4 Å². The van der Waals surface area contributed by atoms with Gasteiger partial charge in [0.15, 0.2) is 0 Å². The minimum Gasteiger partial charge on any atom is -0.493 e. The molecule has 2 aromatic heterocycles. The average molecular weight is 350 g/mol. The lowest BCUT2D eigenvalue weighted by Gasteiger charge is -2.10. The lowest BCUT2D eigenvalue weighted by Crippen LogP contribution is -2.01. The van der Waals surface area contributed by atoms with Crippen LogP contribution in [0.4, 0.5) is 0 Å². The number of benzene rings is 1. The Morgan fingerprint density at radius 3 is 2.73 bits per heavy atom. The van der Waals surface area contributed by atoms with Crippen molar-refractivity contribution in [1.82, 2.24) is 20.0 Å². The van der Waals surface area contributed by atoms with Gasteiger partial charge in [0, 0.05) is 24.5 Å². The third kappa shape index (κ3) is 5.15. The fraction of sp³-hybridized carbons (Fsp3) is 0.381. The molecule has 26 heavy (non-hydrogen) atoms. The topological polar surface area (TPSA) is 52.8 Å². The van der Waals surface area contributed by atoms with E-state index in [4.69, 9.17) is 4.74 Å². The summed E-state index contributed by atoms with van der Waals surface area (Å²) < 4.78 is 7.82. The van der Waals surface area contributed by atoms with Gasteiger partial charge in [0.05, 0.1) is 12.8 Å². The number of ether oxygens (including phenoxy) is 1. The van der Waals surface area contributed by atoms with E-state index < -0.39 is 0 Å². The maximum absolute atomic E-state index is 5.91. The highest BCUT2D eigenvalue weighted by molar-refractivity contribution is 5.55. The van der Waals surface area contributed by atoms with Crippen LogP contribution in [0.3, 0.4) is 0 Å². The third-order valence-electron chi connectivity index (χ3n) is 4.39. The molecular formula is C21H26N4O. The highest BCUT2D eigenvalue weighted by Gasteiger charge is 2.04. The number of rotatable bonds is 10. The van der Waals surface area contributed by atoms with Crippen molar-refractivity contribution >= 4 is 0 Å². The summed E-state index contributed by atoms with van der Waals surface area (Å²) in [7, 11) is 0. The molecule has 0 aliphatic heterocycles. The highest BCUT2D eigenvalue weighted by atomic mass is 16.5. The summed E-state index contributed by atoms with van der Waals surface area (Å²) in [6.07, 6.45) is 11.1. The predicted octanol–water partition coefficient (Wildman–Crippen LogP) is 4.54. The minimum absolute atomic E-state index is 0.783. The second-order valence-corrected chi connectivity index (χ2v) is 6.33. The third-order valence-corrected chi connectivity index (χ3v) is 4.39. The predicted molar refractivity (Wildman–Crippen MR) is 103 cm³/mol. The zero-order chi connectivity index (χ0) is 18.0. The summed E-state index contributed by atoms with van der Waals surface area (Å²) in [5.74, 6) is 1.03. The zero-order valence-corrected chi connectivity index (χ0v) is 15.3. The molecule has 1 aromatic carbocycles. The maximum atomic E-state index is 5.91. The van der Waals surface area contributed by atoms with Crippen LogP contribution in [0.2, 0.25) is 0 Å². The lowest BCUT2D eigenvalue weighted by molar-refractivity contribution is 0.301. The molecule has 0 atom stereocenters. The number of nitrogens with zero attached hydrogens (tertiary/aromatic N) is 4. The molecule has 5 heteroatoms. The van der Waals surface area contributed by atoms with E-state index in [0.29, 0.717) is 0 Å². The molecule has 0 fully saturated rings. The van der Waals surface area contributed by atoms with E-state index in [1.165, 1.54) is 18.4 Å². The summed E-state index contributed by atoms with van der Waals surface area (Å²) in [6, 6.07) is 12.2. The molecular weight excluding hydrogens is 324 g/mol. The van der Waals surface area contributed by atoms with Gasteiger partial charge in [0.2, 0.25) is 0 Å². The summed E-state index contributed by atoms with van der Waals surface area (Å²) >= 11 is 0. The van der Waals surface area contributed by atoms with Gasteiger partial charge in [0.25, 0.3) is 0 Å². The van der Waals surface area contributed by atoms with Gasteiger partial charge in [-0.1, -0.05) is 36.8 Å². The first-order valence-electron chi connectivity index (χ1n) is 9.38. The van der Waals surface area contributed by atoms with Crippen LogP contribution >= 0.6 is 0 Å². The average Bonchev–Trinajstić information content (AvgIpc) is 3.17. The molecule has 2 heterocycles. The Morgan fingerprint density at radius 1 is 1.00 bits per heavy atom. The largest absolute Gasteiger partial charge is 0.493 e. The Balaban J connectivity index is 1.32. The first kappa shape index (κ1) is 18.1. The van der Waals surface area contributed by atoms with Crippen LogP contribution in [0.1, 0.15) is 38.2 Å². The van der Waals surface area contributed by atoms with E-state index in [2.05, 4.69) is 40.4 Å². The van der Waals surface area contributed by atoms with Crippen LogP contribution < -0.4 is 4.74 Å². The van der Waals surface area contributed by atoms with E-state index >= 15 is 0 Å². The number of hydrogen-bond acceptors (Lipinski definition) is 4. The Morgan fingerprint density at radius 2 is 1.88 bits per heavy atom. The van der Waals surface area contributed by atoms with Crippen molar-refractivity contribution in [3.63, 3.8) is 0 Å². The van der Waals surface area contributed by atoms with Crippen molar-refractivity contribution in [2.45, 2.75) is 45.6 Å². The van der Waals surface area contributed by atoms with Crippen molar-refractivity contribution in [1.29, 1.82) is 0 Å². The van der Waals surface area contributed by atoms with Crippen LogP contribution in [0, 0.1) is 0 Å². The van der Waals surface area contributed by atoms with Crippen LogP contribution in [-0.2, 0) is 13.0 Å². The maximum Gasteiger partial charge on any atom is 0.122 e. The Bertz CT molecular complexity index is 785. The number of pyridine rings is 1. The van der Waals surface area contributed by atoms with Crippen LogP contribution in [0.15, 0.2) is 55.0 Å². The molecule has 0 saturated carbocycles. The normalized spacial score (nSPS) is 10.8. The van der Waals surface area contributed by atoms with Gasteiger partial charge in [-0.15, -0.1) is 5.10 Å². The van der Waals surface area contributed by atoms with E-state index in [1.807, 2.05) is 35.3 Å². The smallest absolute Gasteiger partial charge is 0.122 e. The van der Waals surface area contributed by atoms with Crippen LogP contribution in [-0.4, -0.2) is 26.6 Å². The fourth-order valence-electron chi connectivity index (χ4n) is 2.90. The van der Waals surface area contributed by atoms with Gasteiger partial charge in [0.1, 0.15) is 11.4 Å². The van der Waals surface area contributed by atoms with Crippen molar-refractivity contribution < 1.29 is 4.74 Å². The quantitative estimate of drug-likeness (QED) is 0.504. The summed E-state index contributed by atoms with van der Waals surface area (Å²) in [6.45, 7) is 3.84. The number of aromatic nitrogens is 4. The van der Waals surface area contributed by atoms with Crippen LogP contribution in [0.5, 0.6) is 5.75 Å². The molecule has 0 saturated heterocycles. The molecule has 0 N–H and O–H groups in total. The van der Waals surface area contributed by atoms with Gasteiger partial charge < -0.3 is 4.74 Å². The van der Waals surface area contributed by atoms with Crippen molar-refractivity contribution in [2.24, 2.45) is 0 Å². The van der Waals surface area contributed by atoms with Crippen molar-refractivity contribution in [3.05, 3.63) is 60.6 Å². The van der Waals surface area contributed by atoms with E-state index in [-0.39, 0.29) is 0 Å². The summed E-state index contributed by atoms with van der Waals surface area (Å²) in [4.78, 5) is 4.12. The number of hydrogen-bond donors (Lipinski definition) is 0. The van der Waals surface area contributed by atoms with Gasteiger partial charge in [-0.3, -0.25) is 9.67 Å². The molecule has 0 aliphatic rings. The summed E-state index contributed by atoms with van der Waals surface area (Å²) in [5, 5.41) is 8.42. The Hall–Kier alpha value is -2.69. The highest BCUT2D eigenvalue weighted by Crippen LogP contribution is 2.19. The first-order valence-corrected chi connectivity index (χ1v) is 9.38. The van der Waals surface area contributed by atoms with E-state index in [1.54, 1.807) is 6.20 Å². The Kier molecular flexibility index (Phi) is 6.76. The van der Waals surface area contributed by atoms with Gasteiger partial charge >= 0.3 is 0 Å². The summed E-state index contributed by atoms with van der Waals surface area (Å²) in [5.41, 5.74) is 3.16. The molecule has 0 unspecified atom stereocenters. The zero-order valence-electron chi connectivity index (χ0n) is 15.3. The molecule has 0 aliphatic carbocycles. The van der Waals surface area contributed by atoms with Crippen molar-refractivity contribution in [3.8, 4) is 17.0 Å². The second kappa shape index (κ2) is 9.70. The molecule has 0 bridgehead atoms. The Labute approximate surface area is 155 Å². The second-order valence-electron chi connectivity index (χ2n) is 6.33. The molecule has 3 aromatic rings.